The molecular weight excluding hydrogens is 775 g/mol. The predicted molar refractivity (Wildman–Crippen MR) is 219 cm³/mol. The van der Waals surface area contributed by atoms with Crippen LogP contribution in [-0.2, 0) is 16.1 Å². The molecule has 0 bridgehead atoms. The van der Waals surface area contributed by atoms with Gasteiger partial charge in [-0.15, -0.1) is 0 Å². The van der Waals surface area contributed by atoms with Gasteiger partial charge in [0.1, 0.15) is 17.9 Å². The minimum absolute atomic E-state index is 0.0253. The van der Waals surface area contributed by atoms with Crippen molar-refractivity contribution in [2.75, 3.05) is 73.6 Å². The minimum atomic E-state index is -1.09. The van der Waals surface area contributed by atoms with Gasteiger partial charge in [-0.05, 0) is 94.3 Å². The van der Waals surface area contributed by atoms with Crippen LogP contribution in [0.15, 0.2) is 42.7 Å². The zero-order valence-corrected chi connectivity index (χ0v) is 34.0. The lowest BCUT2D eigenvalue weighted by Gasteiger charge is -2.43. The number of benzene rings is 2. The van der Waals surface area contributed by atoms with Crippen LogP contribution in [0.1, 0.15) is 83.7 Å². The van der Waals surface area contributed by atoms with E-state index in [2.05, 4.69) is 37.9 Å². The van der Waals surface area contributed by atoms with Crippen LogP contribution < -0.4 is 20.0 Å². The molecule has 1 aromatic heterocycles. The van der Waals surface area contributed by atoms with E-state index in [-0.39, 0.29) is 35.1 Å². The van der Waals surface area contributed by atoms with Crippen molar-refractivity contribution in [1.82, 2.24) is 30.0 Å². The fraction of sp³-hybridized carbons (Fsp3) is 0.512. The summed E-state index contributed by atoms with van der Waals surface area (Å²) in [5.41, 5.74) is 3.25. The number of piperazine rings is 1. The zero-order valence-electron chi connectivity index (χ0n) is 33.2. The Labute approximate surface area is 347 Å². The van der Waals surface area contributed by atoms with Gasteiger partial charge in [0.25, 0.3) is 11.8 Å². The second-order valence-corrected chi connectivity index (χ2v) is 17.6. The number of carbonyl (C=O) groups is 4. The van der Waals surface area contributed by atoms with Crippen LogP contribution in [0.3, 0.4) is 0 Å². The number of nitriles is 1. The van der Waals surface area contributed by atoms with Crippen LogP contribution >= 0.6 is 11.6 Å². The van der Waals surface area contributed by atoms with Crippen molar-refractivity contribution in [3.8, 4) is 6.07 Å². The van der Waals surface area contributed by atoms with Gasteiger partial charge in [0, 0.05) is 94.5 Å². The quantitative estimate of drug-likeness (QED) is 0.341. The maximum Gasteiger partial charge on any atom is 0.262 e. The molecule has 0 aliphatic carbocycles. The highest BCUT2D eigenvalue weighted by atomic mass is 35.5. The fourth-order valence-corrected chi connectivity index (χ4v) is 10.5. The lowest BCUT2D eigenvalue weighted by molar-refractivity contribution is -0.136. The number of fused-ring (bicyclic) bond motifs is 1. The number of piperidine rings is 3. The third kappa shape index (κ3) is 7.51. The third-order valence-electron chi connectivity index (χ3n) is 13.6. The summed E-state index contributed by atoms with van der Waals surface area (Å²) in [6, 6.07) is 10.2. The molecule has 14 nitrogen and oxygen atoms in total. The molecule has 7 heterocycles. The smallest absolute Gasteiger partial charge is 0.262 e. The second-order valence-electron chi connectivity index (χ2n) is 17.2. The van der Waals surface area contributed by atoms with E-state index in [1.807, 2.05) is 35.5 Å². The molecule has 5 fully saturated rings. The van der Waals surface area contributed by atoms with E-state index in [0.717, 1.165) is 113 Å². The van der Waals surface area contributed by atoms with Crippen LogP contribution in [0.25, 0.3) is 0 Å². The molecule has 4 amide bonds. The highest BCUT2D eigenvalue weighted by molar-refractivity contribution is 6.32. The van der Waals surface area contributed by atoms with Gasteiger partial charge in [0.2, 0.25) is 17.8 Å². The molecule has 308 valence electrons. The highest BCUT2D eigenvalue weighted by Crippen LogP contribution is 2.46. The molecule has 1 unspecified atom stereocenters. The summed E-state index contributed by atoms with van der Waals surface area (Å²) in [7, 11) is 0. The first-order valence-electron chi connectivity index (χ1n) is 20.8. The van der Waals surface area contributed by atoms with Crippen LogP contribution in [0.2, 0.25) is 5.02 Å². The average molecular weight is 823 g/mol. The number of imide groups is 2. The first-order chi connectivity index (χ1) is 28.5. The Morgan fingerprint density at radius 3 is 2.25 bits per heavy atom. The molecule has 6 aliphatic rings. The second kappa shape index (κ2) is 15.8. The van der Waals surface area contributed by atoms with Crippen LogP contribution in [0.4, 0.5) is 21.7 Å². The van der Waals surface area contributed by atoms with E-state index < -0.39 is 35.5 Å². The molecule has 16 heteroatoms. The Morgan fingerprint density at radius 1 is 0.898 bits per heavy atom. The molecule has 0 radical (unpaired) electrons. The number of likely N-dealkylation sites (tertiary alicyclic amines) is 1. The standard InChI is InChI=1S/C43H48ClFN10O4/c1-27-21-43(26-54(27)31-3-2-29(22-46)34(44)18-31)8-12-53(13-9-43)42-47-23-28(24-48-42)25-50-10-6-30(7-11-50)51-14-16-52(17-15-51)37-20-33-32(19-35(37)45)40(58)55(41(33)59)36-4-5-38(56)49-39(36)57/h2-3,18-20,23-24,27,30,36H,4-17,21,25-26H2,1H3,(H,49,56,57)/t27-,36?/m0/s1. The van der Waals surface area contributed by atoms with E-state index in [4.69, 9.17) is 21.6 Å². The molecule has 9 rings (SSSR count). The van der Waals surface area contributed by atoms with E-state index in [1.165, 1.54) is 6.07 Å². The molecule has 59 heavy (non-hydrogen) atoms. The summed E-state index contributed by atoms with van der Waals surface area (Å²) in [5, 5.41) is 12.0. The molecule has 5 saturated heterocycles. The molecule has 3 aromatic rings. The highest BCUT2D eigenvalue weighted by Gasteiger charge is 2.46. The Kier molecular flexibility index (Phi) is 10.5. The van der Waals surface area contributed by atoms with E-state index >= 15 is 4.39 Å². The number of nitrogens with one attached hydrogen (secondary N) is 1. The number of aromatic nitrogens is 2. The topological polar surface area (TPSA) is 149 Å². The summed E-state index contributed by atoms with van der Waals surface area (Å²) in [6.45, 7) is 10.5. The molecule has 0 saturated carbocycles. The van der Waals surface area contributed by atoms with Crippen molar-refractivity contribution in [3.05, 3.63) is 75.8 Å². The normalized spacial score (nSPS) is 24.2. The Hall–Kier alpha value is -5.17. The van der Waals surface area contributed by atoms with Crippen molar-refractivity contribution in [2.24, 2.45) is 5.41 Å². The summed E-state index contributed by atoms with van der Waals surface area (Å²) >= 11 is 6.37. The molecule has 1 N–H and O–H groups in total. The fourth-order valence-electron chi connectivity index (χ4n) is 10.3. The SMILES string of the molecule is C[C@H]1CC2(CCN(c3ncc(CN4CCC(N5CCN(c6cc7c(cc6F)C(=O)N(C6CCC(=O)NC6=O)C7=O)CC5)CC4)cn3)CC2)CN1c1ccc(C#N)c(Cl)c1. The number of amides is 4. The molecular formula is C43H48ClFN10O4. The van der Waals surface area contributed by atoms with Gasteiger partial charge >= 0.3 is 0 Å². The average Bonchev–Trinajstić information content (AvgIpc) is 3.68. The number of rotatable bonds is 7. The molecule has 2 aromatic carbocycles. The predicted octanol–water partition coefficient (Wildman–Crippen LogP) is 4.21. The number of hydrogen-bond acceptors (Lipinski definition) is 12. The van der Waals surface area contributed by atoms with Crippen LogP contribution in [0, 0.1) is 22.6 Å². The number of nitrogens with zero attached hydrogens (tertiary/aromatic N) is 9. The minimum Gasteiger partial charge on any atom is -0.368 e. The number of hydrogen-bond donors (Lipinski definition) is 1. The Morgan fingerprint density at radius 2 is 1.59 bits per heavy atom. The van der Waals surface area contributed by atoms with Gasteiger partial charge in [-0.25, -0.2) is 14.4 Å². The van der Waals surface area contributed by atoms with Gasteiger partial charge < -0.3 is 14.7 Å². The lowest BCUT2D eigenvalue weighted by atomic mass is 9.77. The summed E-state index contributed by atoms with van der Waals surface area (Å²) in [5.74, 6) is -2.26. The van der Waals surface area contributed by atoms with Gasteiger partial charge in [0.15, 0.2) is 0 Å². The van der Waals surface area contributed by atoms with Crippen LogP contribution in [-0.4, -0.2) is 125 Å². The molecule has 2 atom stereocenters. The van der Waals surface area contributed by atoms with Gasteiger partial charge in [-0.3, -0.25) is 39.2 Å². The zero-order chi connectivity index (χ0) is 41.0. The van der Waals surface area contributed by atoms with E-state index in [1.54, 1.807) is 0 Å². The summed E-state index contributed by atoms with van der Waals surface area (Å²) < 4.78 is 15.5. The van der Waals surface area contributed by atoms with E-state index in [9.17, 15) is 24.4 Å². The first kappa shape index (κ1) is 39.3. The number of carbonyl (C=O) groups excluding carboxylic acids is 4. The van der Waals surface area contributed by atoms with Crippen molar-refractivity contribution in [1.29, 1.82) is 5.26 Å². The molecule has 1 spiro atoms. The van der Waals surface area contributed by atoms with Gasteiger partial charge in [-0.2, -0.15) is 5.26 Å². The van der Waals surface area contributed by atoms with Crippen molar-refractivity contribution >= 4 is 52.6 Å². The number of halogens is 2. The maximum absolute atomic E-state index is 15.5. The Bertz CT molecular complexity index is 2210. The Balaban J connectivity index is 0.730. The van der Waals surface area contributed by atoms with Crippen molar-refractivity contribution in [2.45, 2.75) is 76.5 Å². The summed E-state index contributed by atoms with van der Waals surface area (Å²) in [6.07, 6.45) is 9.36. The van der Waals surface area contributed by atoms with Gasteiger partial charge in [-0.1, -0.05) is 11.6 Å². The third-order valence-corrected chi connectivity index (χ3v) is 13.9. The van der Waals surface area contributed by atoms with E-state index in [0.29, 0.717) is 35.8 Å². The van der Waals surface area contributed by atoms with Gasteiger partial charge in [0.05, 0.1) is 27.4 Å². The molecule has 6 aliphatic heterocycles. The first-order valence-corrected chi connectivity index (χ1v) is 21.2. The maximum atomic E-state index is 15.5. The van der Waals surface area contributed by atoms with Crippen molar-refractivity contribution in [3.63, 3.8) is 0 Å². The van der Waals surface area contributed by atoms with Crippen LogP contribution in [0.5, 0.6) is 0 Å². The summed E-state index contributed by atoms with van der Waals surface area (Å²) in [4.78, 5) is 72.6. The number of anilines is 3. The lowest BCUT2D eigenvalue weighted by Crippen LogP contribution is -2.54. The largest absolute Gasteiger partial charge is 0.368 e. The van der Waals surface area contributed by atoms with Crippen molar-refractivity contribution < 1.29 is 23.6 Å². The monoisotopic (exact) mass is 822 g/mol.